The Balaban J connectivity index is 1.49. The van der Waals surface area contributed by atoms with Crippen LogP contribution in [0.25, 0.3) is 0 Å². The number of hydrogen-bond donors (Lipinski definition) is 0. The first kappa shape index (κ1) is 22.4. The van der Waals surface area contributed by atoms with Crippen LogP contribution >= 0.6 is 21.6 Å². The lowest BCUT2D eigenvalue weighted by Crippen LogP contribution is -2.50. The molecule has 1 aromatic heterocycles. The van der Waals surface area contributed by atoms with Crippen LogP contribution in [-0.4, -0.2) is 71.0 Å². The van der Waals surface area contributed by atoms with Crippen molar-refractivity contribution in [1.29, 1.82) is 0 Å². The number of rotatable bonds is 7. The normalized spacial score (nSPS) is 23.0. The minimum absolute atomic E-state index is 0.157. The first-order chi connectivity index (χ1) is 13.8. The van der Waals surface area contributed by atoms with Crippen molar-refractivity contribution in [3.8, 4) is 0 Å². The molecule has 2 aliphatic heterocycles. The summed E-state index contributed by atoms with van der Waals surface area (Å²) in [5.74, 6) is 0.817. The second-order valence-corrected chi connectivity index (χ2v) is 10.4. The highest BCUT2D eigenvalue weighted by molar-refractivity contribution is 8.76. The van der Waals surface area contributed by atoms with Crippen LogP contribution in [0.15, 0.2) is 41.6 Å². The van der Waals surface area contributed by atoms with E-state index in [1.54, 1.807) is 32.7 Å². The molecule has 1 amide bonds. The van der Waals surface area contributed by atoms with Gasteiger partial charge in [0.15, 0.2) is 6.23 Å². The van der Waals surface area contributed by atoms with Gasteiger partial charge < -0.3 is 9.47 Å². The van der Waals surface area contributed by atoms with Crippen molar-refractivity contribution in [1.82, 2.24) is 14.9 Å². The molecule has 3 rings (SSSR count). The molecular formula is C20H29N3O4S2. The van der Waals surface area contributed by atoms with E-state index in [0.717, 1.165) is 16.4 Å². The van der Waals surface area contributed by atoms with Gasteiger partial charge in [-0.1, -0.05) is 29.0 Å². The summed E-state index contributed by atoms with van der Waals surface area (Å²) in [4.78, 5) is 24.6. The minimum atomic E-state index is -0.541. The Kier molecular flexibility index (Phi) is 7.86. The summed E-state index contributed by atoms with van der Waals surface area (Å²) in [5, 5.41) is 2.84. The quantitative estimate of drug-likeness (QED) is 0.359. The zero-order valence-corrected chi connectivity index (χ0v) is 18.8. The van der Waals surface area contributed by atoms with Gasteiger partial charge in [-0.05, 0) is 50.1 Å². The van der Waals surface area contributed by atoms with Crippen molar-refractivity contribution in [2.24, 2.45) is 0 Å². The largest absolute Gasteiger partial charge is 0.444 e. The number of nitrogens with zero attached hydrogens (tertiary/aromatic N) is 3. The van der Waals surface area contributed by atoms with Crippen molar-refractivity contribution in [3.05, 3.63) is 36.5 Å². The lowest BCUT2D eigenvalue weighted by molar-refractivity contribution is -0.213. The van der Waals surface area contributed by atoms with Crippen LogP contribution in [0.2, 0.25) is 0 Å². The highest BCUT2D eigenvalue weighted by Gasteiger charge is 2.44. The van der Waals surface area contributed by atoms with E-state index in [2.05, 4.69) is 11.6 Å². The van der Waals surface area contributed by atoms with Gasteiger partial charge in [-0.15, -0.1) is 0 Å². The SMILES string of the molecule is C=C1C[C@@H](C2OCCN2OCCSSc2ccccn2)N(C(=O)OC(C)(C)C)C1. The average molecular weight is 440 g/mol. The molecule has 2 saturated heterocycles. The van der Waals surface area contributed by atoms with Gasteiger partial charge in [0.05, 0.1) is 25.8 Å². The lowest BCUT2D eigenvalue weighted by atomic mass is 10.1. The molecule has 1 aromatic rings. The Morgan fingerprint density at radius 2 is 2.24 bits per heavy atom. The van der Waals surface area contributed by atoms with Crippen LogP contribution in [0, 0.1) is 0 Å². The molecule has 160 valence electrons. The molecule has 0 aromatic carbocycles. The number of hydroxylamine groups is 2. The summed E-state index contributed by atoms with van der Waals surface area (Å²) in [6.45, 7) is 12.0. The second kappa shape index (κ2) is 10.2. The third-order valence-corrected chi connectivity index (χ3v) is 6.57. The predicted octanol–water partition coefficient (Wildman–Crippen LogP) is 3.98. The van der Waals surface area contributed by atoms with E-state index in [4.69, 9.17) is 14.3 Å². The Bertz CT molecular complexity index is 699. The topological polar surface area (TPSA) is 64.1 Å². The van der Waals surface area contributed by atoms with Crippen molar-refractivity contribution in [2.45, 2.75) is 50.1 Å². The fourth-order valence-corrected chi connectivity index (χ4v) is 4.90. The first-order valence-electron chi connectivity index (χ1n) is 9.71. The fourth-order valence-electron chi connectivity index (χ4n) is 3.21. The summed E-state index contributed by atoms with van der Waals surface area (Å²) < 4.78 is 11.5. The molecule has 2 fully saturated rings. The number of hydrogen-bond acceptors (Lipinski definition) is 8. The molecule has 0 saturated carbocycles. The zero-order chi connectivity index (χ0) is 20.9. The van der Waals surface area contributed by atoms with Crippen LogP contribution < -0.4 is 0 Å². The molecule has 0 spiro atoms. The number of carbonyl (C=O) groups is 1. The van der Waals surface area contributed by atoms with Gasteiger partial charge in [-0.25, -0.2) is 9.78 Å². The summed E-state index contributed by atoms with van der Waals surface area (Å²) in [7, 11) is 3.33. The molecular weight excluding hydrogens is 410 g/mol. The standard InChI is InChI=1S/C20H29N3O4S2/c1-15-13-16(22(14-15)19(24)27-20(2,3)4)18-23(9-10-25-18)26-11-12-28-29-17-7-5-6-8-21-17/h5-8,16,18H,1,9-14H2,2-4H3/t16-,18?/m0/s1. The predicted molar refractivity (Wildman–Crippen MR) is 115 cm³/mol. The van der Waals surface area contributed by atoms with Gasteiger partial charge >= 0.3 is 6.09 Å². The first-order valence-corrected chi connectivity index (χ1v) is 12.0. The number of likely N-dealkylation sites (tertiary alicyclic amines) is 1. The molecule has 3 heterocycles. The van der Waals surface area contributed by atoms with E-state index < -0.39 is 5.60 Å². The van der Waals surface area contributed by atoms with Gasteiger partial charge in [-0.2, -0.15) is 5.06 Å². The Hall–Kier alpha value is -1.26. The zero-order valence-electron chi connectivity index (χ0n) is 17.2. The number of pyridine rings is 1. The van der Waals surface area contributed by atoms with Gasteiger partial charge in [0, 0.05) is 18.5 Å². The Morgan fingerprint density at radius 3 is 2.97 bits per heavy atom. The highest BCUT2D eigenvalue weighted by Crippen LogP contribution is 2.32. The number of amides is 1. The van der Waals surface area contributed by atoms with E-state index >= 15 is 0 Å². The van der Waals surface area contributed by atoms with Crippen molar-refractivity contribution in [3.63, 3.8) is 0 Å². The van der Waals surface area contributed by atoms with Crippen LogP contribution in [0.5, 0.6) is 0 Å². The maximum Gasteiger partial charge on any atom is 0.410 e. The third kappa shape index (κ3) is 6.62. The minimum Gasteiger partial charge on any atom is -0.444 e. The van der Waals surface area contributed by atoms with E-state index in [0.29, 0.717) is 32.7 Å². The molecule has 1 unspecified atom stereocenters. The van der Waals surface area contributed by atoms with Crippen LogP contribution in [0.3, 0.4) is 0 Å². The number of carbonyl (C=O) groups excluding carboxylic acids is 1. The van der Waals surface area contributed by atoms with E-state index in [-0.39, 0.29) is 18.4 Å². The van der Waals surface area contributed by atoms with Crippen LogP contribution in [0.4, 0.5) is 4.79 Å². The molecule has 0 aliphatic carbocycles. The van der Waals surface area contributed by atoms with Gasteiger partial charge in [-0.3, -0.25) is 9.74 Å². The number of ether oxygens (including phenoxy) is 2. The van der Waals surface area contributed by atoms with Crippen LogP contribution in [0.1, 0.15) is 27.2 Å². The molecule has 0 radical (unpaired) electrons. The van der Waals surface area contributed by atoms with Crippen molar-refractivity contribution >= 4 is 27.7 Å². The maximum absolute atomic E-state index is 12.6. The highest BCUT2D eigenvalue weighted by atomic mass is 33.1. The van der Waals surface area contributed by atoms with Gasteiger partial charge in [0.1, 0.15) is 10.6 Å². The monoisotopic (exact) mass is 439 g/mol. The molecule has 2 aliphatic rings. The molecule has 7 nitrogen and oxygen atoms in total. The smallest absolute Gasteiger partial charge is 0.410 e. The van der Waals surface area contributed by atoms with Crippen LogP contribution in [-0.2, 0) is 14.3 Å². The van der Waals surface area contributed by atoms with E-state index in [1.807, 2.05) is 44.0 Å². The summed E-state index contributed by atoms with van der Waals surface area (Å²) in [6.07, 6.45) is 1.83. The van der Waals surface area contributed by atoms with E-state index in [1.165, 1.54) is 0 Å². The summed E-state index contributed by atoms with van der Waals surface area (Å²) >= 11 is 0. The molecule has 0 bridgehead atoms. The molecule has 0 N–H and O–H groups in total. The molecule has 2 atom stereocenters. The van der Waals surface area contributed by atoms with Gasteiger partial charge in [0.25, 0.3) is 0 Å². The Morgan fingerprint density at radius 1 is 1.41 bits per heavy atom. The third-order valence-electron chi connectivity index (χ3n) is 4.34. The fraction of sp³-hybridized carbons (Fsp3) is 0.600. The summed E-state index contributed by atoms with van der Waals surface area (Å²) in [6, 6.07) is 5.71. The lowest BCUT2D eigenvalue weighted by Gasteiger charge is -2.33. The summed E-state index contributed by atoms with van der Waals surface area (Å²) in [5.41, 5.74) is 0.458. The number of aromatic nitrogens is 1. The molecule has 29 heavy (non-hydrogen) atoms. The van der Waals surface area contributed by atoms with Gasteiger partial charge in [0.2, 0.25) is 0 Å². The van der Waals surface area contributed by atoms with Crippen molar-refractivity contribution < 1.29 is 19.1 Å². The maximum atomic E-state index is 12.6. The van der Waals surface area contributed by atoms with Crippen molar-refractivity contribution in [2.75, 3.05) is 32.1 Å². The molecule has 9 heteroatoms. The average Bonchev–Trinajstić information content (AvgIpc) is 3.27. The Labute approximate surface area is 180 Å². The van der Waals surface area contributed by atoms with E-state index in [9.17, 15) is 4.79 Å². The second-order valence-electron chi connectivity index (χ2n) is 7.94.